The van der Waals surface area contributed by atoms with Gasteiger partial charge in [0.05, 0.1) is 6.33 Å². The first-order valence-corrected chi connectivity index (χ1v) is 18.1. The molecule has 0 saturated carbocycles. The van der Waals surface area contributed by atoms with Crippen molar-refractivity contribution >= 4 is 30.4 Å². The summed E-state index contributed by atoms with van der Waals surface area (Å²) in [5.74, 6) is 1.92. The van der Waals surface area contributed by atoms with Gasteiger partial charge in [0.25, 0.3) is 0 Å². The summed E-state index contributed by atoms with van der Waals surface area (Å²) >= 11 is -0.106. The Bertz CT molecular complexity index is 1060. The van der Waals surface area contributed by atoms with Crippen molar-refractivity contribution in [3.05, 3.63) is 96.4 Å². The fourth-order valence-electron chi connectivity index (χ4n) is 4.81. The van der Waals surface area contributed by atoms with Crippen molar-refractivity contribution < 1.29 is 15.9 Å². The molecule has 40 heavy (non-hydrogen) atoms. The predicted octanol–water partition coefficient (Wildman–Crippen LogP) is 10.9. The van der Waals surface area contributed by atoms with Gasteiger partial charge in [0.2, 0.25) is 0 Å². The van der Waals surface area contributed by atoms with Crippen LogP contribution in [0.2, 0.25) is 0 Å². The van der Waals surface area contributed by atoms with Gasteiger partial charge in [-0.05, 0) is 72.2 Å². The van der Waals surface area contributed by atoms with Gasteiger partial charge in [-0.2, -0.15) is 0 Å². The monoisotopic (exact) mass is 675 g/mol. The molecule has 0 N–H and O–H groups in total. The number of rotatable bonds is 7. The van der Waals surface area contributed by atoms with E-state index in [1.54, 1.807) is 6.20 Å². The Balaban J connectivity index is 0.000000427. The molecule has 4 nitrogen and oxygen atoms in total. The molecular weight excluding hydrogens is 630 g/mol. The van der Waals surface area contributed by atoms with Crippen LogP contribution in [0, 0.1) is 6.67 Å². The first-order valence-electron chi connectivity index (χ1n) is 14.1. The summed E-state index contributed by atoms with van der Waals surface area (Å²) in [6, 6.07) is 14.1. The molecule has 0 amide bonds. The number of halogens is 2. The van der Waals surface area contributed by atoms with Crippen LogP contribution in [0.15, 0.2) is 67.5 Å². The van der Waals surface area contributed by atoms with E-state index in [1.165, 1.54) is 33.6 Å². The molecule has 4 rings (SSSR count). The number of para-hydroxylation sites is 2. The molecule has 1 aliphatic heterocycles. The number of aromatic nitrogens is 2. The fraction of sp³-hybridized carbons (Fsp3) is 0.455. The fourth-order valence-corrected chi connectivity index (χ4v) is 4.81. The van der Waals surface area contributed by atoms with E-state index < -0.39 is 0 Å². The summed E-state index contributed by atoms with van der Waals surface area (Å²) in [7, 11) is 9.63. The second-order valence-corrected chi connectivity index (χ2v) is 13.9. The van der Waals surface area contributed by atoms with E-state index in [9.17, 15) is 0 Å². The minimum atomic E-state index is -0.106. The summed E-state index contributed by atoms with van der Waals surface area (Å²) < 4.78 is 2.06. The van der Waals surface area contributed by atoms with Crippen molar-refractivity contribution in [1.82, 2.24) is 9.55 Å². The zero-order valence-electron chi connectivity index (χ0n) is 25.7. The predicted molar refractivity (Wildman–Crippen MR) is 172 cm³/mol. The van der Waals surface area contributed by atoms with Crippen molar-refractivity contribution in [2.75, 3.05) is 9.80 Å². The second-order valence-electron chi connectivity index (χ2n) is 11.6. The Morgan fingerprint density at radius 2 is 1.00 bits per heavy atom. The maximum absolute atomic E-state index is 4.81. The van der Waals surface area contributed by atoms with E-state index in [4.69, 9.17) is 19.1 Å². The van der Waals surface area contributed by atoms with Crippen molar-refractivity contribution in [1.29, 1.82) is 0 Å². The van der Waals surface area contributed by atoms with Crippen LogP contribution >= 0.6 is 19.1 Å². The molecule has 0 spiro atoms. The van der Waals surface area contributed by atoms with Gasteiger partial charge < -0.3 is 14.4 Å². The number of anilines is 2. The molecule has 0 atom stereocenters. The number of nitrogens with zero attached hydrogens (tertiary/aromatic N) is 4. The standard InChI is InChI=1S/C27H37N2.C6H10N2.2ClH.Pd/c1-18(2)22-11-9-12-23(19(3)4)26(22)28-15-16-29(17-28)27-24(20(5)6)13-10-14-25(27)21(7)8;1-6(2)8-4-3-7-5-8;;;/h9-21H,1-8H3;3-6H,1-2H3;2*1H;/q-1;;;;+2/p-2. The Hall–Kier alpha value is -1.77. The number of imidazole rings is 1. The molecule has 7 heteroatoms. The topological polar surface area (TPSA) is 24.3 Å². The SMILES string of the molecule is CC(C)c1cccc(C(C)C)c1N1C=CN(c2c(C(C)C)cccc2C(C)C)[CH-]1.CC(C)n1ccnc1.[Cl][Pd][Cl]. The van der Waals surface area contributed by atoms with Crippen LogP contribution in [0.1, 0.15) is 121 Å². The number of benzene rings is 2. The molecule has 1 aromatic heterocycles. The Labute approximate surface area is 259 Å². The molecule has 224 valence electrons. The van der Waals surface area contributed by atoms with Crippen molar-refractivity contribution in [2.45, 2.75) is 99.0 Å². The van der Waals surface area contributed by atoms with Crippen LogP contribution in [0.4, 0.5) is 11.4 Å². The van der Waals surface area contributed by atoms with E-state index in [1.807, 2.05) is 12.5 Å². The molecule has 0 aliphatic carbocycles. The molecule has 2 aromatic carbocycles. The average molecular weight is 677 g/mol. The van der Waals surface area contributed by atoms with Crippen molar-refractivity contribution in [2.24, 2.45) is 0 Å². The van der Waals surface area contributed by atoms with Crippen LogP contribution in [0.5, 0.6) is 0 Å². The van der Waals surface area contributed by atoms with Gasteiger partial charge >= 0.3 is 35.0 Å². The van der Waals surface area contributed by atoms with Gasteiger partial charge in [-0.1, -0.05) is 91.8 Å². The van der Waals surface area contributed by atoms with E-state index in [0.29, 0.717) is 29.7 Å². The van der Waals surface area contributed by atoms with Gasteiger partial charge in [0.1, 0.15) is 0 Å². The zero-order chi connectivity index (χ0) is 30.0. The second kappa shape index (κ2) is 16.6. The van der Waals surface area contributed by atoms with Gasteiger partial charge in [-0.3, -0.25) is 0 Å². The molecule has 2 heterocycles. The van der Waals surface area contributed by atoms with Crippen LogP contribution in [-0.4, -0.2) is 9.55 Å². The third-order valence-electron chi connectivity index (χ3n) is 6.96. The molecule has 0 radical (unpaired) electrons. The first kappa shape index (κ1) is 34.4. The van der Waals surface area contributed by atoms with Crippen LogP contribution in [0.25, 0.3) is 0 Å². The van der Waals surface area contributed by atoms with E-state index in [2.05, 4.69) is 144 Å². The van der Waals surface area contributed by atoms with Crippen molar-refractivity contribution in [3.8, 4) is 0 Å². The molecule has 0 unspecified atom stereocenters. The third-order valence-corrected chi connectivity index (χ3v) is 6.96. The van der Waals surface area contributed by atoms with E-state index in [-0.39, 0.29) is 15.9 Å². The molecular formula is C33H47Cl2N4Pd-. The molecule has 3 aromatic rings. The summed E-state index contributed by atoms with van der Waals surface area (Å²) in [5, 5.41) is 0. The third kappa shape index (κ3) is 9.12. The summed E-state index contributed by atoms with van der Waals surface area (Å²) in [6.45, 7) is 24.8. The first-order chi connectivity index (χ1) is 18.9. The summed E-state index contributed by atoms with van der Waals surface area (Å²) in [5.41, 5.74) is 8.29. The quantitative estimate of drug-likeness (QED) is 0.184. The van der Waals surface area contributed by atoms with E-state index >= 15 is 0 Å². The Morgan fingerprint density at radius 1 is 0.650 bits per heavy atom. The minimum absolute atomic E-state index is 0.106. The van der Waals surface area contributed by atoms with Gasteiger partial charge in [-0.25, -0.2) is 4.98 Å². The van der Waals surface area contributed by atoms with Crippen LogP contribution in [-0.2, 0) is 15.9 Å². The van der Waals surface area contributed by atoms with Crippen LogP contribution < -0.4 is 9.80 Å². The van der Waals surface area contributed by atoms with Gasteiger partial charge in [-0.15, -0.1) is 6.67 Å². The van der Waals surface area contributed by atoms with Gasteiger partial charge in [0.15, 0.2) is 0 Å². The normalized spacial score (nSPS) is 13.0. The molecule has 0 bridgehead atoms. The van der Waals surface area contributed by atoms with Gasteiger partial charge in [0, 0.05) is 29.8 Å². The Kier molecular flexibility index (Phi) is 14.3. The summed E-state index contributed by atoms with van der Waals surface area (Å²) in [4.78, 5) is 8.56. The average Bonchev–Trinajstić information content (AvgIpc) is 3.61. The molecule has 0 saturated heterocycles. The number of hydrogen-bond acceptors (Lipinski definition) is 3. The zero-order valence-corrected chi connectivity index (χ0v) is 28.7. The maximum atomic E-state index is 4.81. The Morgan fingerprint density at radius 3 is 1.23 bits per heavy atom. The number of hydrogen-bond donors (Lipinski definition) is 0. The van der Waals surface area contributed by atoms with Crippen LogP contribution in [0.3, 0.4) is 0 Å². The molecule has 1 aliphatic rings. The molecule has 0 fully saturated rings. The summed E-state index contributed by atoms with van der Waals surface area (Å²) in [6.07, 6.45) is 10.0. The van der Waals surface area contributed by atoms with E-state index in [0.717, 1.165) is 0 Å². The van der Waals surface area contributed by atoms with Crippen molar-refractivity contribution in [3.63, 3.8) is 0 Å².